The molecule has 0 aliphatic carbocycles. The highest BCUT2D eigenvalue weighted by Crippen LogP contribution is 2.27. The maximum atomic E-state index is 5.99. The number of nitrogens with zero attached hydrogens (tertiary/aromatic N) is 1. The summed E-state index contributed by atoms with van der Waals surface area (Å²) in [7, 11) is 0. The van der Waals surface area contributed by atoms with E-state index in [1.54, 1.807) is 0 Å². The van der Waals surface area contributed by atoms with Gasteiger partial charge in [-0.1, -0.05) is 23.7 Å². The first kappa shape index (κ1) is 9.87. The third kappa shape index (κ3) is 1.62. The molecule has 0 saturated carbocycles. The van der Waals surface area contributed by atoms with Gasteiger partial charge in [-0.25, -0.2) is 0 Å². The lowest BCUT2D eigenvalue weighted by Gasteiger charge is -2.12. The summed E-state index contributed by atoms with van der Waals surface area (Å²) in [5.41, 5.74) is 4.61. The Balaban J connectivity index is 2.09. The van der Waals surface area contributed by atoms with Gasteiger partial charge in [0.2, 0.25) is 0 Å². The van der Waals surface area contributed by atoms with Crippen molar-refractivity contribution in [3.63, 3.8) is 0 Å². The molecule has 82 valence electrons. The van der Waals surface area contributed by atoms with Gasteiger partial charge in [-0.05, 0) is 12.1 Å². The summed E-state index contributed by atoms with van der Waals surface area (Å²) >= 11 is 5.99. The van der Waals surface area contributed by atoms with Crippen molar-refractivity contribution in [2.24, 2.45) is 0 Å². The fourth-order valence-corrected chi connectivity index (χ4v) is 2.29. The predicted molar refractivity (Wildman–Crippen MR) is 64.4 cm³/mol. The third-order valence-corrected chi connectivity index (χ3v) is 3.14. The monoisotopic (exact) mass is 233 g/mol. The van der Waals surface area contributed by atoms with Gasteiger partial charge in [-0.3, -0.25) is 5.10 Å². The first-order chi connectivity index (χ1) is 7.84. The molecule has 1 aliphatic rings. The summed E-state index contributed by atoms with van der Waals surface area (Å²) < 4.78 is 0. The second-order valence-electron chi connectivity index (χ2n) is 3.97. The molecule has 0 amide bonds. The van der Waals surface area contributed by atoms with E-state index in [-0.39, 0.29) is 0 Å². The zero-order valence-electron chi connectivity index (χ0n) is 8.76. The van der Waals surface area contributed by atoms with Gasteiger partial charge in [0, 0.05) is 41.4 Å². The Morgan fingerprint density at radius 1 is 1.31 bits per heavy atom. The van der Waals surface area contributed by atoms with Crippen LogP contribution in [0.15, 0.2) is 24.3 Å². The van der Waals surface area contributed by atoms with Crippen molar-refractivity contribution in [3.05, 3.63) is 40.5 Å². The number of hydrogen-bond donors (Lipinski definition) is 2. The molecule has 0 spiro atoms. The molecular formula is C12H12ClN3. The van der Waals surface area contributed by atoms with E-state index in [1.165, 1.54) is 11.3 Å². The average Bonchev–Trinajstić information content (AvgIpc) is 2.72. The van der Waals surface area contributed by atoms with E-state index in [2.05, 4.69) is 15.5 Å². The first-order valence-corrected chi connectivity index (χ1v) is 5.75. The van der Waals surface area contributed by atoms with Crippen LogP contribution >= 0.6 is 11.6 Å². The normalized spacial score (nSPS) is 14.8. The number of nitrogens with one attached hydrogen (secondary N) is 2. The van der Waals surface area contributed by atoms with E-state index >= 15 is 0 Å². The van der Waals surface area contributed by atoms with Crippen molar-refractivity contribution in [1.29, 1.82) is 0 Å². The highest BCUT2D eigenvalue weighted by molar-refractivity contribution is 6.30. The minimum Gasteiger partial charge on any atom is -0.312 e. The summed E-state index contributed by atoms with van der Waals surface area (Å²) in [5, 5.41) is 11.6. The number of H-pyrrole nitrogens is 1. The summed E-state index contributed by atoms with van der Waals surface area (Å²) in [6.07, 6.45) is 1.02. The van der Waals surface area contributed by atoms with E-state index in [1.807, 2.05) is 24.3 Å². The van der Waals surface area contributed by atoms with Crippen molar-refractivity contribution < 1.29 is 0 Å². The van der Waals surface area contributed by atoms with E-state index in [0.29, 0.717) is 0 Å². The highest BCUT2D eigenvalue weighted by Gasteiger charge is 2.17. The van der Waals surface area contributed by atoms with Gasteiger partial charge in [0.25, 0.3) is 0 Å². The molecule has 4 heteroatoms. The van der Waals surface area contributed by atoms with Crippen molar-refractivity contribution in [2.45, 2.75) is 13.0 Å². The van der Waals surface area contributed by atoms with Gasteiger partial charge in [-0.15, -0.1) is 0 Å². The predicted octanol–water partition coefficient (Wildman–Crippen LogP) is 2.38. The maximum Gasteiger partial charge on any atom is 0.0969 e. The standard InChI is InChI=1S/C12H12ClN3/c13-9-3-1-2-8(6-9)12-10-7-14-5-4-11(10)15-16-12/h1-3,6,14H,4-5,7H2,(H,15,16). The number of aromatic amines is 1. The van der Waals surface area contributed by atoms with Crippen LogP contribution in [0, 0.1) is 0 Å². The molecule has 16 heavy (non-hydrogen) atoms. The largest absolute Gasteiger partial charge is 0.312 e. The number of aromatic nitrogens is 2. The Morgan fingerprint density at radius 2 is 2.25 bits per heavy atom. The van der Waals surface area contributed by atoms with Crippen molar-refractivity contribution in [2.75, 3.05) is 6.54 Å². The second-order valence-corrected chi connectivity index (χ2v) is 4.40. The fraction of sp³-hybridized carbons (Fsp3) is 0.250. The molecule has 2 aromatic rings. The molecule has 2 heterocycles. The molecule has 3 nitrogen and oxygen atoms in total. The molecule has 0 unspecified atom stereocenters. The Morgan fingerprint density at radius 3 is 3.12 bits per heavy atom. The number of rotatable bonds is 1. The molecule has 1 aliphatic heterocycles. The minimum absolute atomic E-state index is 0.748. The molecule has 0 radical (unpaired) electrons. The lowest BCUT2D eigenvalue weighted by atomic mass is 10.0. The number of benzene rings is 1. The van der Waals surface area contributed by atoms with Crippen LogP contribution in [0.5, 0.6) is 0 Å². The lowest BCUT2D eigenvalue weighted by molar-refractivity contribution is 0.637. The molecular weight excluding hydrogens is 222 g/mol. The molecule has 3 rings (SSSR count). The van der Waals surface area contributed by atoms with Crippen LogP contribution < -0.4 is 5.32 Å². The zero-order valence-corrected chi connectivity index (χ0v) is 9.51. The highest BCUT2D eigenvalue weighted by atomic mass is 35.5. The van der Waals surface area contributed by atoms with Crippen LogP contribution in [-0.4, -0.2) is 16.7 Å². The number of halogens is 1. The molecule has 2 N–H and O–H groups in total. The zero-order chi connectivity index (χ0) is 11.0. The summed E-state index contributed by atoms with van der Waals surface area (Å²) in [6.45, 7) is 1.90. The van der Waals surface area contributed by atoms with Crippen LogP contribution in [0.2, 0.25) is 5.02 Å². The van der Waals surface area contributed by atoms with Gasteiger partial charge in [0.15, 0.2) is 0 Å². The molecule has 0 atom stereocenters. The van der Waals surface area contributed by atoms with Crippen molar-refractivity contribution in [3.8, 4) is 11.3 Å². The molecule has 0 saturated heterocycles. The molecule has 1 aromatic carbocycles. The van der Waals surface area contributed by atoms with Crippen LogP contribution in [0.4, 0.5) is 0 Å². The van der Waals surface area contributed by atoms with Gasteiger partial charge < -0.3 is 5.32 Å². The van der Waals surface area contributed by atoms with E-state index < -0.39 is 0 Å². The van der Waals surface area contributed by atoms with Crippen LogP contribution in [-0.2, 0) is 13.0 Å². The number of fused-ring (bicyclic) bond motifs is 1. The van der Waals surface area contributed by atoms with E-state index in [9.17, 15) is 0 Å². The molecule has 1 aromatic heterocycles. The quantitative estimate of drug-likeness (QED) is 0.794. The van der Waals surface area contributed by atoms with E-state index in [0.717, 1.165) is 35.8 Å². The van der Waals surface area contributed by atoms with Gasteiger partial charge >= 0.3 is 0 Å². The fourth-order valence-electron chi connectivity index (χ4n) is 2.10. The topological polar surface area (TPSA) is 40.7 Å². The summed E-state index contributed by atoms with van der Waals surface area (Å²) in [6, 6.07) is 7.82. The molecule has 0 fully saturated rings. The number of hydrogen-bond acceptors (Lipinski definition) is 2. The maximum absolute atomic E-state index is 5.99. The van der Waals surface area contributed by atoms with Gasteiger partial charge in [-0.2, -0.15) is 5.10 Å². The summed E-state index contributed by atoms with van der Waals surface area (Å²) in [4.78, 5) is 0. The SMILES string of the molecule is Clc1cccc(-c2n[nH]c3c2CNCC3)c1. The third-order valence-electron chi connectivity index (χ3n) is 2.90. The van der Waals surface area contributed by atoms with Crippen molar-refractivity contribution >= 4 is 11.6 Å². The van der Waals surface area contributed by atoms with E-state index in [4.69, 9.17) is 11.6 Å². The Labute approximate surface area is 98.8 Å². The second kappa shape index (κ2) is 3.92. The van der Waals surface area contributed by atoms with Crippen LogP contribution in [0.25, 0.3) is 11.3 Å². The Bertz CT molecular complexity index is 519. The van der Waals surface area contributed by atoms with Crippen molar-refractivity contribution in [1.82, 2.24) is 15.5 Å². The lowest BCUT2D eigenvalue weighted by Crippen LogP contribution is -2.23. The van der Waals surface area contributed by atoms with Crippen LogP contribution in [0.3, 0.4) is 0 Å². The Hall–Kier alpha value is -1.32. The molecule has 0 bridgehead atoms. The average molecular weight is 234 g/mol. The first-order valence-electron chi connectivity index (χ1n) is 5.37. The smallest absolute Gasteiger partial charge is 0.0969 e. The van der Waals surface area contributed by atoms with Gasteiger partial charge in [0.05, 0.1) is 5.69 Å². The minimum atomic E-state index is 0.748. The summed E-state index contributed by atoms with van der Waals surface area (Å²) in [5.74, 6) is 0. The van der Waals surface area contributed by atoms with Crippen LogP contribution in [0.1, 0.15) is 11.3 Å². The van der Waals surface area contributed by atoms with Gasteiger partial charge in [0.1, 0.15) is 0 Å². The Kier molecular flexibility index (Phi) is 2.42.